The summed E-state index contributed by atoms with van der Waals surface area (Å²) in [5.74, 6) is -1.81. The Kier molecular flexibility index (Phi) is 47.8. The number of carbonyl (C=O) groups is 2. The van der Waals surface area contributed by atoms with Crippen molar-refractivity contribution in [1.29, 1.82) is 0 Å². The van der Waals surface area contributed by atoms with Gasteiger partial charge in [0.1, 0.15) is 0 Å². The molecule has 41 heavy (non-hydrogen) atoms. The predicted octanol–water partition coefficient (Wildman–Crippen LogP) is 9.61. The molecule has 5 heteroatoms. The average Bonchev–Trinajstić information content (AvgIpc) is 2.93. The average molecular weight is 704 g/mol. The number of hydrogen-bond donors (Lipinski definition) is 0. The van der Waals surface area contributed by atoms with E-state index in [4.69, 9.17) is 0 Å². The fourth-order valence-electron chi connectivity index (χ4n) is 5.28. The van der Waals surface area contributed by atoms with Gasteiger partial charge in [-0.25, -0.2) is 0 Å². The van der Waals surface area contributed by atoms with Gasteiger partial charge in [0, 0.05) is 11.9 Å². The molecule has 0 heterocycles. The first-order valence-electron chi connectivity index (χ1n) is 17.9. The van der Waals surface area contributed by atoms with Crippen molar-refractivity contribution in [3.8, 4) is 0 Å². The molecule has 0 bridgehead atoms. The molecule has 0 radical (unpaired) electrons. The van der Waals surface area contributed by atoms with Crippen LogP contribution in [0.2, 0.25) is 0 Å². The summed E-state index contributed by atoms with van der Waals surface area (Å²) in [6.07, 6.45) is 39.7. The van der Waals surface area contributed by atoms with Gasteiger partial charge < -0.3 is 19.8 Å². The number of carboxylic acids is 2. The molecule has 0 unspecified atom stereocenters. The van der Waals surface area contributed by atoms with Crippen LogP contribution < -0.4 is 10.2 Å². The van der Waals surface area contributed by atoms with Gasteiger partial charge in [0.15, 0.2) is 0 Å². The Morgan fingerprint density at radius 3 is 0.610 bits per heavy atom. The molecule has 0 atom stereocenters. The van der Waals surface area contributed by atoms with Crippen molar-refractivity contribution in [2.45, 2.75) is 219 Å². The second-order valence-corrected chi connectivity index (χ2v) is 12.1. The molecule has 0 N–H and O–H groups in total. The van der Waals surface area contributed by atoms with Gasteiger partial charge in [0.2, 0.25) is 0 Å². The summed E-state index contributed by atoms with van der Waals surface area (Å²) < 4.78 is 0. The number of rotatable bonds is 32. The number of aliphatic carboxylic acids is 2. The molecular weight excluding hydrogens is 634 g/mol. The van der Waals surface area contributed by atoms with E-state index in [-0.39, 0.29) is 61.7 Å². The normalized spacial score (nSPS) is 10.6. The van der Waals surface area contributed by atoms with E-state index in [1.54, 1.807) is 0 Å². The van der Waals surface area contributed by atoms with Crippen LogP contribution in [-0.2, 0) is 9.59 Å². The molecule has 240 valence electrons. The molecule has 0 aromatic heterocycles. The van der Waals surface area contributed by atoms with Gasteiger partial charge in [-0.05, 0) is 25.7 Å². The zero-order chi connectivity index (χ0) is 29.8. The molecule has 0 saturated heterocycles. The molecule has 0 aliphatic carbocycles. The third-order valence-electron chi connectivity index (χ3n) is 7.97. The second kappa shape index (κ2) is 42.6. The van der Waals surface area contributed by atoms with Gasteiger partial charge in [-0.2, -0.15) is 0 Å². The zero-order valence-corrected chi connectivity index (χ0v) is 32.4. The van der Waals surface area contributed by atoms with Crippen molar-refractivity contribution in [2.75, 3.05) is 0 Å². The van der Waals surface area contributed by atoms with Crippen LogP contribution >= 0.6 is 0 Å². The molecule has 0 aliphatic rings. The van der Waals surface area contributed by atoms with Gasteiger partial charge in [-0.3, -0.25) is 0 Å². The number of carbonyl (C=O) groups excluding carboxylic acids is 2. The van der Waals surface area contributed by atoms with Crippen molar-refractivity contribution in [2.24, 2.45) is 0 Å². The van der Waals surface area contributed by atoms with E-state index in [0.29, 0.717) is 0 Å². The van der Waals surface area contributed by atoms with Gasteiger partial charge in [0.25, 0.3) is 0 Å². The molecule has 4 nitrogen and oxygen atoms in total. The summed E-state index contributed by atoms with van der Waals surface area (Å²) in [5, 5.41) is 20.4. The first-order valence-corrected chi connectivity index (χ1v) is 17.9. The van der Waals surface area contributed by atoms with E-state index < -0.39 is 11.9 Å². The molecule has 0 fully saturated rings. The van der Waals surface area contributed by atoms with Crippen LogP contribution in [0.15, 0.2) is 0 Å². The molecule has 0 spiro atoms. The van der Waals surface area contributed by atoms with Crippen LogP contribution in [-0.4, -0.2) is 60.8 Å². The Bertz CT molecular complexity index is 454. The summed E-state index contributed by atoms with van der Waals surface area (Å²) >= 11 is 0. The SMILES string of the molecule is CCCCCCCCCCCCCCCCCC(=O)[O-].CCCCCCCCCCCCCCCCCC(=O)[O-].[Ba+2]. The Labute approximate surface area is 297 Å². The Morgan fingerprint density at radius 1 is 0.317 bits per heavy atom. The van der Waals surface area contributed by atoms with E-state index in [2.05, 4.69) is 13.8 Å². The maximum absolute atomic E-state index is 10.2. The zero-order valence-electron chi connectivity index (χ0n) is 28.0. The first kappa shape index (κ1) is 45.9. The van der Waals surface area contributed by atoms with Crippen LogP contribution in [0.25, 0.3) is 0 Å². The molecule has 0 aliphatic heterocycles. The Balaban J connectivity index is -0.000000688. The van der Waals surface area contributed by atoms with Gasteiger partial charge >= 0.3 is 48.9 Å². The van der Waals surface area contributed by atoms with E-state index in [9.17, 15) is 19.8 Å². The smallest absolute Gasteiger partial charge is 0.550 e. The molecule has 0 aromatic carbocycles. The fourth-order valence-corrected chi connectivity index (χ4v) is 5.28. The van der Waals surface area contributed by atoms with Crippen LogP contribution in [0.4, 0.5) is 0 Å². The summed E-state index contributed by atoms with van der Waals surface area (Å²) in [5.41, 5.74) is 0. The predicted molar refractivity (Wildman–Crippen MR) is 175 cm³/mol. The maximum atomic E-state index is 10.2. The minimum atomic E-state index is -0.903. The molecule has 0 saturated carbocycles. The summed E-state index contributed by atoms with van der Waals surface area (Å²) in [7, 11) is 0. The van der Waals surface area contributed by atoms with Gasteiger partial charge in [-0.1, -0.05) is 194 Å². The quantitative estimate of drug-likeness (QED) is 0.0516. The van der Waals surface area contributed by atoms with Crippen molar-refractivity contribution < 1.29 is 19.8 Å². The monoisotopic (exact) mass is 704 g/mol. The topological polar surface area (TPSA) is 80.3 Å². The number of carboxylic acid groups (broad SMARTS) is 2. The molecule has 0 amide bonds. The van der Waals surface area contributed by atoms with E-state index in [0.717, 1.165) is 25.7 Å². The largest absolute Gasteiger partial charge is 2.00 e. The molecular formula is C36H70BaO4. The number of unbranched alkanes of at least 4 members (excludes halogenated alkanes) is 28. The summed E-state index contributed by atoms with van der Waals surface area (Å²) in [6, 6.07) is 0. The third-order valence-corrected chi connectivity index (χ3v) is 7.97. The minimum absolute atomic E-state index is 0. The molecule has 0 aromatic rings. The second-order valence-electron chi connectivity index (χ2n) is 12.1. The van der Waals surface area contributed by atoms with Gasteiger partial charge in [-0.15, -0.1) is 0 Å². The van der Waals surface area contributed by atoms with E-state index in [1.807, 2.05) is 0 Å². The number of hydrogen-bond acceptors (Lipinski definition) is 4. The van der Waals surface area contributed by atoms with Crippen LogP contribution in [0.1, 0.15) is 219 Å². The first-order chi connectivity index (χ1) is 19.5. The Hall–Kier alpha value is 0.511. The van der Waals surface area contributed by atoms with Crippen molar-refractivity contribution in [3.05, 3.63) is 0 Å². The van der Waals surface area contributed by atoms with Crippen LogP contribution in [0.5, 0.6) is 0 Å². The standard InChI is InChI=1S/2C18H36O2.Ba/c2*1-2-3-4-5-6-7-8-9-10-11-12-13-14-15-16-17-18(19)20;/h2*2-17H2,1H3,(H,19,20);/q;;+2/p-2. The van der Waals surface area contributed by atoms with Crippen molar-refractivity contribution in [1.82, 2.24) is 0 Å². The van der Waals surface area contributed by atoms with E-state index in [1.165, 1.54) is 167 Å². The minimum Gasteiger partial charge on any atom is -0.550 e. The fraction of sp³-hybridized carbons (Fsp3) is 0.944. The molecule has 0 rings (SSSR count). The third kappa shape index (κ3) is 50.4. The van der Waals surface area contributed by atoms with E-state index >= 15 is 0 Å². The maximum Gasteiger partial charge on any atom is 2.00 e. The Morgan fingerprint density at radius 2 is 0.463 bits per heavy atom. The van der Waals surface area contributed by atoms with Crippen molar-refractivity contribution in [3.63, 3.8) is 0 Å². The van der Waals surface area contributed by atoms with Crippen LogP contribution in [0.3, 0.4) is 0 Å². The summed E-state index contributed by atoms with van der Waals surface area (Å²) in [4.78, 5) is 20.4. The summed E-state index contributed by atoms with van der Waals surface area (Å²) in [6.45, 7) is 4.53. The van der Waals surface area contributed by atoms with Gasteiger partial charge in [0.05, 0.1) is 0 Å². The van der Waals surface area contributed by atoms with Crippen LogP contribution in [0, 0.1) is 0 Å². The van der Waals surface area contributed by atoms with Crippen molar-refractivity contribution >= 4 is 60.8 Å².